The van der Waals surface area contributed by atoms with E-state index in [1.807, 2.05) is 24.5 Å². The van der Waals surface area contributed by atoms with Crippen LogP contribution in [0.5, 0.6) is 0 Å². The van der Waals surface area contributed by atoms with Gasteiger partial charge in [-0.25, -0.2) is 13.4 Å². The average molecular weight is 448 g/mol. The van der Waals surface area contributed by atoms with E-state index in [0.717, 1.165) is 17.3 Å². The third-order valence-corrected chi connectivity index (χ3v) is 6.21. The van der Waals surface area contributed by atoms with E-state index in [0.29, 0.717) is 28.3 Å². The fraction of sp³-hybridized carbons (Fsp3) is 0.350. The highest BCUT2D eigenvalue weighted by atomic mass is 35.5. The Hall–Kier alpha value is -2.49. The molecule has 0 unspecified atom stereocenters. The van der Waals surface area contributed by atoms with Crippen molar-refractivity contribution in [3.63, 3.8) is 0 Å². The van der Waals surface area contributed by atoms with Gasteiger partial charge in [0.1, 0.15) is 5.82 Å². The summed E-state index contributed by atoms with van der Waals surface area (Å²) in [6, 6.07) is 7.12. The van der Waals surface area contributed by atoms with E-state index < -0.39 is 9.84 Å². The van der Waals surface area contributed by atoms with Crippen molar-refractivity contribution in [3.8, 4) is 0 Å². The van der Waals surface area contributed by atoms with Crippen molar-refractivity contribution in [2.75, 3.05) is 12.9 Å². The lowest BCUT2D eigenvalue weighted by atomic mass is 9.95. The number of hydrogen-bond acceptors (Lipinski definition) is 6. The number of aliphatic hydroxyl groups excluding tert-OH is 1. The Morgan fingerprint density at radius 2 is 1.97 bits per heavy atom. The molecule has 0 atom stereocenters. The van der Waals surface area contributed by atoms with Crippen molar-refractivity contribution in [2.45, 2.75) is 32.0 Å². The lowest BCUT2D eigenvalue weighted by Gasteiger charge is -2.24. The highest BCUT2D eigenvalue weighted by molar-refractivity contribution is 7.90. The lowest BCUT2D eigenvalue weighted by molar-refractivity contribution is 0.141. The van der Waals surface area contributed by atoms with E-state index in [2.05, 4.69) is 10.1 Å². The van der Waals surface area contributed by atoms with Crippen LogP contribution in [-0.2, 0) is 22.9 Å². The van der Waals surface area contributed by atoms with Crippen LogP contribution in [-0.4, -0.2) is 50.7 Å². The third kappa shape index (κ3) is 3.80. The summed E-state index contributed by atoms with van der Waals surface area (Å²) in [5, 5.41) is 15.3. The highest BCUT2D eigenvalue weighted by Crippen LogP contribution is 2.27. The number of benzene rings is 1. The van der Waals surface area contributed by atoms with Crippen molar-refractivity contribution in [3.05, 3.63) is 47.5 Å². The number of rotatable bonds is 6. The fourth-order valence-electron chi connectivity index (χ4n) is 3.45. The van der Waals surface area contributed by atoms with Gasteiger partial charge in [-0.05, 0) is 24.3 Å². The van der Waals surface area contributed by atoms with Gasteiger partial charge in [-0.3, -0.25) is 9.67 Å². The van der Waals surface area contributed by atoms with Gasteiger partial charge in [0.05, 0.1) is 29.3 Å². The summed E-state index contributed by atoms with van der Waals surface area (Å²) in [7, 11) is -3.51. The van der Waals surface area contributed by atoms with Gasteiger partial charge < -0.3 is 9.67 Å². The van der Waals surface area contributed by atoms with Crippen LogP contribution in [0.2, 0.25) is 5.02 Å². The van der Waals surface area contributed by atoms with Crippen LogP contribution in [0.1, 0.15) is 19.7 Å². The minimum Gasteiger partial charge on any atom is -0.396 e. The molecule has 0 aliphatic carbocycles. The van der Waals surface area contributed by atoms with E-state index in [1.54, 1.807) is 35.3 Å². The largest absolute Gasteiger partial charge is 0.396 e. The SMILES string of the molecule is CC(C)(CO)Cn1c(Cn2nc(S(C)(=O)=O)c3ccncc32)nc2cc(Cl)ccc21. The van der Waals surface area contributed by atoms with Crippen LogP contribution < -0.4 is 0 Å². The molecule has 0 spiro atoms. The Bertz CT molecular complexity index is 1360. The van der Waals surface area contributed by atoms with Gasteiger partial charge in [-0.2, -0.15) is 5.10 Å². The van der Waals surface area contributed by atoms with Gasteiger partial charge in [-0.1, -0.05) is 25.4 Å². The van der Waals surface area contributed by atoms with Gasteiger partial charge in [-0.15, -0.1) is 0 Å². The molecule has 0 aliphatic rings. The van der Waals surface area contributed by atoms with Gasteiger partial charge in [0.2, 0.25) is 0 Å². The Labute approximate surface area is 179 Å². The Kier molecular flexibility index (Phi) is 5.08. The quantitative estimate of drug-likeness (QED) is 0.487. The number of aromatic nitrogens is 5. The molecule has 0 radical (unpaired) electrons. The van der Waals surface area contributed by atoms with Crippen molar-refractivity contribution in [1.82, 2.24) is 24.3 Å². The standard InChI is InChI=1S/C20H22ClN5O3S/c1-20(2,12-27)11-25-16-5-4-13(21)8-15(16)23-18(25)10-26-17-9-22-7-6-14(17)19(24-26)30(3,28)29/h4-9,27H,10-12H2,1-3H3. The highest BCUT2D eigenvalue weighted by Gasteiger charge is 2.24. The molecule has 0 saturated carbocycles. The molecule has 30 heavy (non-hydrogen) atoms. The maximum Gasteiger partial charge on any atom is 0.195 e. The summed E-state index contributed by atoms with van der Waals surface area (Å²) in [4.78, 5) is 8.86. The van der Waals surface area contributed by atoms with Crippen molar-refractivity contribution >= 4 is 43.4 Å². The molecule has 3 aromatic heterocycles. The van der Waals surface area contributed by atoms with Crippen molar-refractivity contribution in [1.29, 1.82) is 0 Å². The van der Waals surface area contributed by atoms with Crippen molar-refractivity contribution in [2.24, 2.45) is 5.41 Å². The zero-order chi connectivity index (χ0) is 21.7. The van der Waals surface area contributed by atoms with Crippen LogP contribution in [0.3, 0.4) is 0 Å². The molecule has 10 heteroatoms. The second-order valence-corrected chi connectivity index (χ2v) is 10.6. The minimum absolute atomic E-state index is 0.00650. The molecule has 4 rings (SSSR count). The van der Waals surface area contributed by atoms with Gasteiger partial charge in [0.15, 0.2) is 14.9 Å². The zero-order valence-corrected chi connectivity index (χ0v) is 18.4. The topological polar surface area (TPSA) is 103 Å². The number of halogens is 1. The summed E-state index contributed by atoms with van der Waals surface area (Å²) in [6.45, 7) is 4.70. The predicted octanol–water partition coefficient (Wildman–Crippen LogP) is 2.90. The molecular formula is C20H22ClN5O3S. The molecule has 0 aliphatic heterocycles. The molecule has 1 aromatic carbocycles. The Morgan fingerprint density at radius 3 is 2.67 bits per heavy atom. The van der Waals surface area contributed by atoms with Crippen LogP contribution in [0.4, 0.5) is 0 Å². The molecule has 158 valence electrons. The van der Waals surface area contributed by atoms with Crippen LogP contribution in [0.15, 0.2) is 41.7 Å². The molecule has 4 aromatic rings. The van der Waals surface area contributed by atoms with Crippen LogP contribution in [0.25, 0.3) is 21.9 Å². The number of aliphatic hydroxyl groups is 1. The molecule has 1 N–H and O–H groups in total. The molecule has 0 fully saturated rings. The summed E-state index contributed by atoms with van der Waals surface area (Å²) in [5.41, 5.74) is 1.84. The van der Waals surface area contributed by atoms with Crippen LogP contribution in [0, 0.1) is 5.41 Å². The smallest absolute Gasteiger partial charge is 0.195 e. The normalized spacial score (nSPS) is 12.8. The van der Waals surface area contributed by atoms with E-state index in [1.165, 1.54) is 0 Å². The number of hydrogen-bond donors (Lipinski definition) is 1. The molecule has 8 nitrogen and oxygen atoms in total. The molecule has 0 amide bonds. The molecule has 3 heterocycles. The maximum atomic E-state index is 12.2. The van der Waals surface area contributed by atoms with Gasteiger partial charge in [0, 0.05) is 41.4 Å². The predicted molar refractivity (Wildman–Crippen MR) is 115 cm³/mol. The number of fused-ring (bicyclic) bond motifs is 2. The first-order valence-corrected chi connectivity index (χ1v) is 11.6. The first kappa shape index (κ1) is 20.8. The Balaban J connectivity index is 1.89. The third-order valence-electron chi connectivity index (χ3n) is 4.97. The van der Waals surface area contributed by atoms with Crippen LogP contribution >= 0.6 is 11.6 Å². The monoisotopic (exact) mass is 447 g/mol. The number of nitrogens with zero attached hydrogens (tertiary/aromatic N) is 5. The summed E-state index contributed by atoms with van der Waals surface area (Å²) in [5.74, 6) is 0.682. The second-order valence-electron chi connectivity index (χ2n) is 8.20. The van der Waals surface area contributed by atoms with E-state index in [4.69, 9.17) is 16.6 Å². The number of pyridine rings is 1. The van der Waals surface area contributed by atoms with E-state index in [9.17, 15) is 13.5 Å². The Morgan fingerprint density at radius 1 is 1.20 bits per heavy atom. The fourth-order valence-corrected chi connectivity index (χ4v) is 4.43. The molecule has 0 bridgehead atoms. The summed E-state index contributed by atoms with van der Waals surface area (Å²) in [6.07, 6.45) is 4.28. The number of imidazole rings is 1. The first-order chi connectivity index (χ1) is 14.1. The van der Waals surface area contributed by atoms with E-state index >= 15 is 0 Å². The van der Waals surface area contributed by atoms with Crippen molar-refractivity contribution < 1.29 is 13.5 Å². The molecular weight excluding hydrogens is 426 g/mol. The molecule has 0 saturated heterocycles. The zero-order valence-electron chi connectivity index (χ0n) is 16.9. The second kappa shape index (κ2) is 7.33. The summed E-state index contributed by atoms with van der Waals surface area (Å²) < 4.78 is 28.1. The van der Waals surface area contributed by atoms with Gasteiger partial charge in [0.25, 0.3) is 0 Å². The average Bonchev–Trinajstić information content (AvgIpc) is 3.20. The summed E-state index contributed by atoms with van der Waals surface area (Å²) >= 11 is 6.15. The number of sulfone groups is 1. The van der Waals surface area contributed by atoms with Gasteiger partial charge >= 0.3 is 0 Å². The van der Waals surface area contributed by atoms with E-state index in [-0.39, 0.29) is 23.6 Å². The lowest BCUT2D eigenvalue weighted by Crippen LogP contribution is -2.25. The first-order valence-electron chi connectivity index (χ1n) is 9.35. The maximum absolute atomic E-state index is 12.2. The minimum atomic E-state index is -3.51.